The number of hydrogen-bond donors (Lipinski definition) is 2. The van der Waals surface area contributed by atoms with Gasteiger partial charge in [-0.3, -0.25) is 14.4 Å². The van der Waals surface area contributed by atoms with E-state index in [-0.39, 0.29) is 36.7 Å². The van der Waals surface area contributed by atoms with E-state index in [0.717, 1.165) is 4.90 Å². The molecule has 1 aliphatic rings. The second-order valence-electron chi connectivity index (χ2n) is 8.52. The Kier molecular flexibility index (Phi) is 9.06. The third kappa shape index (κ3) is 8.89. The highest BCUT2D eigenvalue weighted by molar-refractivity contribution is 7.89. The van der Waals surface area contributed by atoms with E-state index in [4.69, 9.17) is 14.2 Å². The van der Waals surface area contributed by atoms with Crippen molar-refractivity contribution in [2.75, 3.05) is 40.0 Å². The molecule has 0 fully saturated rings. The first-order valence-electron chi connectivity index (χ1n) is 10.5. The molecule has 33 heavy (non-hydrogen) atoms. The molecule has 0 saturated carbocycles. The van der Waals surface area contributed by atoms with Gasteiger partial charge >= 0.3 is 5.97 Å². The number of ether oxygens (including phenoxy) is 3. The topological polar surface area (TPSA) is 140 Å². The van der Waals surface area contributed by atoms with Gasteiger partial charge in [-0.2, -0.15) is 0 Å². The van der Waals surface area contributed by atoms with Crippen LogP contribution < -0.4 is 19.5 Å². The summed E-state index contributed by atoms with van der Waals surface area (Å²) in [6.07, 6.45) is 0.103. The summed E-state index contributed by atoms with van der Waals surface area (Å²) >= 11 is 0. The summed E-state index contributed by atoms with van der Waals surface area (Å²) in [5.74, 6) is -0.646. The molecular weight excluding hydrogens is 454 g/mol. The van der Waals surface area contributed by atoms with Gasteiger partial charge in [0.1, 0.15) is 13.2 Å². The van der Waals surface area contributed by atoms with Crippen molar-refractivity contribution in [1.82, 2.24) is 14.9 Å². The Labute approximate surface area is 193 Å². The third-order valence-electron chi connectivity index (χ3n) is 4.35. The summed E-state index contributed by atoms with van der Waals surface area (Å²) < 4.78 is 42.9. The Morgan fingerprint density at radius 3 is 2.45 bits per heavy atom. The summed E-state index contributed by atoms with van der Waals surface area (Å²) in [5.41, 5.74) is -0.420. The van der Waals surface area contributed by atoms with Crippen molar-refractivity contribution in [1.29, 1.82) is 0 Å². The van der Waals surface area contributed by atoms with Crippen LogP contribution in [0.3, 0.4) is 0 Å². The highest BCUT2D eigenvalue weighted by Crippen LogP contribution is 2.32. The molecule has 1 aromatic carbocycles. The minimum absolute atomic E-state index is 0.00665. The van der Waals surface area contributed by atoms with Gasteiger partial charge < -0.3 is 24.4 Å². The lowest BCUT2D eigenvalue weighted by molar-refractivity contribution is -0.152. The van der Waals surface area contributed by atoms with Crippen LogP contribution in [0.5, 0.6) is 11.5 Å². The zero-order chi connectivity index (χ0) is 24.6. The van der Waals surface area contributed by atoms with E-state index in [1.807, 2.05) is 20.8 Å². The van der Waals surface area contributed by atoms with Gasteiger partial charge in [-0.25, -0.2) is 13.1 Å². The van der Waals surface area contributed by atoms with E-state index in [1.165, 1.54) is 25.2 Å². The molecule has 184 valence electrons. The lowest BCUT2D eigenvalue weighted by atomic mass is 10.1. The van der Waals surface area contributed by atoms with Crippen LogP contribution in [-0.2, 0) is 29.1 Å². The van der Waals surface area contributed by atoms with Gasteiger partial charge in [-0.05, 0) is 39.3 Å². The average molecular weight is 486 g/mol. The number of sulfonamides is 1. The maximum absolute atomic E-state index is 12.4. The average Bonchev–Trinajstić information content (AvgIpc) is 2.73. The Bertz CT molecular complexity index is 972. The second-order valence-corrected chi connectivity index (χ2v) is 10.3. The van der Waals surface area contributed by atoms with Crippen molar-refractivity contribution < 1.29 is 37.0 Å². The highest BCUT2D eigenvalue weighted by atomic mass is 32.2. The molecule has 2 N–H and O–H groups in total. The zero-order valence-corrected chi connectivity index (χ0v) is 20.1. The van der Waals surface area contributed by atoms with Gasteiger partial charge in [0.25, 0.3) is 5.91 Å². The van der Waals surface area contributed by atoms with E-state index < -0.39 is 34.0 Å². The van der Waals surface area contributed by atoms with Crippen LogP contribution in [0.4, 0.5) is 0 Å². The van der Waals surface area contributed by atoms with Crippen molar-refractivity contribution in [3.8, 4) is 11.5 Å². The van der Waals surface area contributed by atoms with Crippen molar-refractivity contribution >= 4 is 27.8 Å². The number of amides is 2. The Balaban J connectivity index is 1.69. The van der Waals surface area contributed by atoms with Crippen molar-refractivity contribution in [2.24, 2.45) is 0 Å². The monoisotopic (exact) mass is 485 g/mol. The molecule has 1 aliphatic heterocycles. The Morgan fingerprint density at radius 2 is 1.79 bits per heavy atom. The number of nitrogens with one attached hydrogen (secondary N) is 2. The Morgan fingerprint density at radius 1 is 1.12 bits per heavy atom. The molecule has 0 spiro atoms. The number of carbonyl (C=O) groups excluding carboxylic acids is 3. The molecular formula is C21H31N3O8S. The van der Waals surface area contributed by atoms with Gasteiger partial charge in [-0.15, -0.1) is 0 Å². The maximum Gasteiger partial charge on any atom is 0.306 e. The van der Waals surface area contributed by atoms with E-state index in [9.17, 15) is 22.8 Å². The van der Waals surface area contributed by atoms with Crippen LogP contribution in [0.25, 0.3) is 0 Å². The molecule has 0 saturated heterocycles. The molecule has 0 aliphatic carbocycles. The summed E-state index contributed by atoms with van der Waals surface area (Å²) in [4.78, 5) is 36.9. The molecule has 11 nitrogen and oxygen atoms in total. The van der Waals surface area contributed by atoms with Crippen molar-refractivity contribution in [3.63, 3.8) is 0 Å². The number of carbonyl (C=O) groups is 3. The number of likely N-dealkylation sites (N-methyl/N-ethyl adjacent to an activating group) is 1. The molecule has 2 rings (SSSR count). The number of fused-ring (bicyclic) bond motifs is 1. The maximum atomic E-state index is 12.4. The lowest BCUT2D eigenvalue weighted by Crippen LogP contribution is -2.46. The molecule has 2 amide bonds. The minimum Gasteiger partial charge on any atom is -0.486 e. The summed E-state index contributed by atoms with van der Waals surface area (Å²) in [5, 5.41) is 2.73. The molecule has 12 heteroatoms. The van der Waals surface area contributed by atoms with Crippen LogP contribution in [0.15, 0.2) is 23.1 Å². The first-order chi connectivity index (χ1) is 15.4. The fourth-order valence-corrected chi connectivity index (χ4v) is 3.89. The molecule has 0 aromatic heterocycles. The van der Waals surface area contributed by atoms with Crippen molar-refractivity contribution in [2.45, 2.75) is 44.0 Å². The van der Waals surface area contributed by atoms with Crippen LogP contribution >= 0.6 is 0 Å². The summed E-state index contributed by atoms with van der Waals surface area (Å²) in [7, 11) is -2.35. The molecule has 0 atom stereocenters. The van der Waals surface area contributed by atoms with Crippen molar-refractivity contribution in [3.05, 3.63) is 18.2 Å². The van der Waals surface area contributed by atoms with Gasteiger partial charge in [0.05, 0.1) is 11.4 Å². The first kappa shape index (κ1) is 26.4. The molecule has 0 unspecified atom stereocenters. The van der Waals surface area contributed by atoms with Crippen LogP contribution in [-0.4, -0.2) is 76.6 Å². The van der Waals surface area contributed by atoms with E-state index in [1.54, 1.807) is 0 Å². The highest BCUT2D eigenvalue weighted by Gasteiger charge is 2.20. The second kappa shape index (κ2) is 11.3. The fourth-order valence-electron chi connectivity index (χ4n) is 2.80. The van der Waals surface area contributed by atoms with Crippen LogP contribution in [0.1, 0.15) is 33.6 Å². The molecule has 1 heterocycles. The predicted molar refractivity (Wildman–Crippen MR) is 118 cm³/mol. The SMILES string of the molecule is CN(CC(=O)NC(C)(C)C)C(=O)COC(=O)CCCNS(=O)(=O)c1ccc2c(c1)OCCO2. The van der Waals surface area contributed by atoms with Gasteiger partial charge in [-0.1, -0.05) is 0 Å². The zero-order valence-electron chi connectivity index (χ0n) is 19.3. The summed E-state index contributed by atoms with van der Waals surface area (Å²) in [6.45, 7) is 5.57. The van der Waals surface area contributed by atoms with E-state index in [2.05, 4.69) is 10.0 Å². The molecule has 1 aromatic rings. The largest absolute Gasteiger partial charge is 0.486 e. The predicted octanol–water partition coefficient (Wildman–Crippen LogP) is 0.433. The summed E-state index contributed by atoms with van der Waals surface area (Å²) in [6, 6.07) is 4.32. The number of benzene rings is 1. The Hall–Kier alpha value is -2.86. The number of esters is 1. The standard InChI is InChI=1S/C21H31N3O8S/c1-21(2,3)23-18(25)13-24(4)19(26)14-32-20(27)6-5-9-22-33(28,29)15-7-8-16-17(12-15)31-11-10-30-16/h7-8,12,22H,5-6,9-11,13-14H2,1-4H3,(H,23,25). The van der Waals surface area contributed by atoms with Gasteiger partial charge in [0.2, 0.25) is 15.9 Å². The number of nitrogens with zero attached hydrogens (tertiary/aromatic N) is 1. The van der Waals surface area contributed by atoms with Crippen LogP contribution in [0.2, 0.25) is 0 Å². The quantitative estimate of drug-likeness (QED) is 0.359. The fraction of sp³-hybridized carbons (Fsp3) is 0.571. The third-order valence-corrected chi connectivity index (χ3v) is 5.81. The molecule has 0 bridgehead atoms. The number of rotatable bonds is 10. The van der Waals surface area contributed by atoms with Crippen LogP contribution in [0, 0.1) is 0 Å². The molecule has 0 radical (unpaired) electrons. The van der Waals surface area contributed by atoms with E-state index in [0.29, 0.717) is 24.7 Å². The first-order valence-corrected chi connectivity index (χ1v) is 12.0. The van der Waals surface area contributed by atoms with E-state index >= 15 is 0 Å². The smallest absolute Gasteiger partial charge is 0.306 e. The normalized spacial score (nSPS) is 13.2. The number of hydrogen-bond acceptors (Lipinski definition) is 8. The van der Waals surface area contributed by atoms with Gasteiger partial charge in [0, 0.05) is 31.6 Å². The minimum atomic E-state index is -3.79. The van der Waals surface area contributed by atoms with Gasteiger partial charge in [0.15, 0.2) is 18.1 Å². The lowest BCUT2D eigenvalue weighted by Gasteiger charge is -2.23.